The van der Waals surface area contributed by atoms with Crippen LogP contribution in [0, 0.1) is 0 Å². The van der Waals surface area contributed by atoms with Crippen molar-refractivity contribution < 1.29 is 23.7 Å². The molecular weight excluding hydrogens is 308 g/mol. The van der Waals surface area contributed by atoms with E-state index in [1.54, 1.807) is 26.5 Å². The zero-order valence-electron chi connectivity index (χ0n) is 13.5. The average molecular weight is 326 g/mol. The summed E-state index contributed by atoms with van der Waals surface area (Å²) in [5, 5.41) is 11.6. The van der Waals surface area contributed by atoms with E-state index in [4.69, 9.17) is 18.6 Å². The molecule has 2 atom stereocenters. The molecule has 24 heavy (non-hydrogen) atoms. The Kier molecular flexibility index (Phi) is 3.48. The molecule has 4 rings (SSSR count). The number of methoxy groups -OCH3 is 2. The highest BCUT2D eigenvalue weighted by atomic mass is 16.7. The summed E-state index contributed by atoms with van der Waals surface area (Å²) >= 11 is 0. The number of hydrogen-bond acceptors (Lipinski definition) is 5. The van der Waals surface area contributed by atoms with Crippen LogP contribution in [-0.4, -0.2) is 19.3 Å². The molecule has 5 nitrogen and oxygen atoms in total. The van der Waals surface area contributed by atoms with Gasteiger partial charge in [-0.25, -0.2) is 0 Å². The van der Waals surface area contributed by atoms with Crippen LogP contribution >= 0.6 is 0 Å². The summed E-state index contributed by atoms with van der Waals surface area (Å²) in [6, 6.07) is 13.2. The Morgan fingerprint density at radius 3 is 2.67 bits per heavy atom. The van der Waals surface area contributed by atoms with Crippen LogP contribution in [0.25, 0.3) is 11.0 Å². The van der Waals surface area contributed by atoms with Crippen molar-refractivity contribution in [2.45, 2.75) is 18.3 Å². The first kappa shape index (κ1) is 15.1. The van der Waals surface area contributed by atoms with Gasteiger partial charge in [-0.1, -0.05) is 30.3 Å². The number of aliphatic hydroxyl groups excluding tert-OH is 1. The van der Waals surface area contributed by atoms with Gasteiger partial charge in [0, 0.05) is 25.2 Å². The fourth-order valence-electron chi connectivity index (χ4n) is 3.38. The Hall–Kier alpha value is -2.50. The molecule has 0 spiro atoms. The first-order valence-electron chi connectivity index (χ1n) is 7.74. The third kappa shape index (κ3) is 2.09. The molecule has 2 aromatic carbocycles. The first-order chi connectivity index (χ1) is 11.7. The fourth-order valence-corrected chi connectivity index (χ4v) is 3.38. The van der Waals surface area contributed by atoms with E-state index in [1.807, 2.05) is 36.4 Å². The standard InChI is InChI=1S/C19H18O5/c1-21-18-13-8-9-23-15(13)10-16-17(18)14(20)11-19(22-2,24-16)12-6-4-3-5-7-12/h3-10,14,20H,11H2,1-2H3. The van der Waals surface area contributed by atoms with E-state index in [1.165, 1.54) is 0 Å². The van der Waals surface area contributed by atoms with Crippen LogP contribution in [0.15, 0.2) is 53.1 Å². The Labute approximate surface area is 139 Å². The van der Waals surface area contributed by atoms with Crippen molar-refractivity contribution in [3.8, 4) is 11.5 Å². The Bertz CT molecular complexity index is 870. The Morgan fingerprint density at radius 1 is 1.17 bits per heavy atom. The van der Waals surface area contributed by atoms with E-state index in [9.17, 15) is 5.11 Å². The van der Waals surface area contributed by atoms with Gasteiger partial charge < -0.3 is 23.7 Å². The van der Waals surface area contributed by atoms with Crippen LogP contribution in [0.4, 0.5) is 0 Å². The number of benzene rings is 2. The van der Waals surface area contributed by atoms with Crippen molar-refractivity contribution in [2.24, 2.45) is 0 Å². The molecule has 0 radical (unpaired) electrons. The van der Waals surface area contributed by atoms with Crippen molar-refractivity contribution in [1.29, 1.82) is 0 Å². The number of fused-ring (bicyclic) bond motifs is 2. The van der Waals surface area contributed by atoms with Gasteiger partial charge in [0.1, 0.15) is 17.1 Å². The van der Waals surface area contributed by atoms with E-state index in [0.29, 0.717) is 22.6 Å². The molecule has 0 amide bonds. The fraction of sp³-hybridized carbons (Fsp3) is 0.263. The van der Waals surface area contributed by atoms with Crippen LogP contribution in [0.5, 0.6) is 11.5 Å². The van der Waals surface area contributed by atoms with Crippen LogP contribution < -0.4 is 9.47 Å². The first-order valence-corrected chi connectivity index (χ1v) is 7.74. The third-order valence-corrected chi connectivity index (χ3v) is 4.53. The highest BCUT2D eigenvalue weighted by molar-refractivity contribution is 5.88. The van der Waals surface area contributed by atoms with Crippen LogP contribution in [-0.2, 0) is 10.5 Å². The summed E-state index contributed by atoms with van der Waals surface area (Å²) in [4.78, 5) is 0. The second-order valence-corrected chi connectivity index (χ2v) is 5.80. The molecule has 1 aliphatic heterocycles. The van der Waals surface area contributed by atoms with Crippen molar-refractivity contribution in [3.05, 3.63) is 59.9 Å². The van der Waals surface area contributed by atoms with Crippen LogP contribution in [0.3, 0.4) is 0 Å². The SMILES string of the molecule is COc1c2c(cc3occc13)OC(OC)(c1ccccc1)CC2O. The van der Waals surface area contributed by atoms with Crippen LogP contribution in [0.2, 0.25) is 0 Å². The average Bonchev–Trinajstić information content (AvgIpc) is 3.08. The highest BCUT2D eigenvalue weighted by Gasteiger charge is 2.44. The quantitative estimate of drug-likeness (QED) is 0.794. The molecule has 5 heteroatoms. The zero-order chi connectivity index (χ0) is 16.7. The molecular formula is C19H18O5. The molecule has 124 valence electrons. The molecule has 1 N–H and O–H groups in total. The van der Waals surface area contributed by atoms with Crippen LogP contribution in [0.1, 0.15) is 23.7 Å². The van der Waals surface area contributed by atoms with Gasteiger partial charge in [0.15, 0.2) is 0 Å². The minimum atomic E-state index is -1.06. The maximum absolute atomic E-state index is 10.8. The number of rotatable bonds is 3. The Morgan fingerprint density at radius 2 is 1.96 bits per heavy atom. The number of ether oxygens (including phenoxy) is 3. The molecule has 2 heterocycles. The predicted octanol–water partition coefficient (Wildman–Crippen LogP) is 3.76. The number of furan rings is 1. The normalized spacial score (nSPS) is 22.9. The van der Waals surface area contributed by atoms with Crippen molar-refractivity contribution in [1.82, 2.24) is 0 Å². The van der Waals surface area contributed by atoms with Gasteiger partial charge in [-0.05, 0) is 6.07 Å². The summed E-state index contributed by atoms with van der Waals surface area (Å²) in [7, 11) is 3.15. The van der Waals surface area contributed by atoms with Crippen molar-refractivity contribution in [2.75, 3.05) is 14.2 Å². The number of aliphatic hydroxyl groups is 1. The second-order valence-electron chi connectivity index (χ2n) is 5.80. The highest BCUT2D eigenvalue weighted by Crippen LogP contribution is 2.51. The molecule has 0 bridgehead atoms. The Balaban J connectivity index is 1.91. The molecule has 0 aliphatic carbocycles. The largest absolute Gasteiger partial charge is 0.495 e. The topological polar surface area (TPSA) is 61.1 Å². The van der Waals surface area contributed by atoms with Crippen molar-refractivity contribution in [3.63, 3.8) is 0 Å². The molecule has 2 unspecified atom stereocenters. The molecule has 1 aromatic heterocycles. The van der Waals surface area contributed by atoms with Gasteiger partial charge in [-0.2, -0.15) is 0 Å². The van der Waals surface area contributed by atoms with E-state index in [0.717, 1.165) is 10.9 Å². The number of hydrogen-bond donors (Lipinski definition) is 1. The van der Waals surface area contributed by atoms with Gasteiger partial charge in [0.25, 0.3) is 0 Å². The molecule has 3 aromatic rings. The van der Waals surface area contributed by atoms with Gasteiger partial charge in [-0.3, -0.25) is 0 Å². The van der Waals surface area contributed by atoms with Gasteiger partial charge in [0.2, 0.25) is 5.79 Å². The van der Waals surface area contributed by atoms with Gasteiger partial charge in [-0.15, -0.1) is 0 Å². The molecule has 0 saturated heterocycles. The van der Waals surface area contributed by atoms with E-state index in [-0.39, 0.29) is 6.42 Å². The third-order valence-electron chi connectivity index (χ3n) is 4.53. The molecule has 1 aliphatic rings. The maximum atomic E-state index is 10.8. The smallest absolute Gasteiger partial charge is 0.239 e. The summed E-state index contributed by atoms with van der Waals surface area (Å²) in [5.41, 5.74) is 2.10. The lowest BCUT2D eigenvalue weighted by Crippen LogP contribution is -2.40. The van der Waals surface area contributed by atoms with E-state index < -0.39 is 11.9 Å². The lowest BCUT2D eigenvalue weighted by molar-refractivity contribution is -0.203. The minimum absolute atomic E-state index is 0.264. The summed E-state index contributed by atoms with van der Waals surface area (Å²) in [5.74, 6) is 0.0131. The molecule has 0 saturated carbocycles. The predicted molar refractivity (Wildman–Crippen MR) is 88.1 cm³/mol. The lowest BCUT2D eigenvalue weighted by atomic mass is 9.90. The lowest BCUT2D eigenvalue weighted by Gasteiger charge is -2.40. The summed E-state index contributed by atoms with van der Waals surface area (Å²) in [6.07, 6.45) is 1.06. The maximum Gasteiger partial charge on any atom is 0.239 e. The summed E-state index contributed by atoms with van der Waals surface area (Å²) in [6.45, 7) is 0. The summed E-state index contributed by atoms with van der Waals surface area (Å²) < 4.78 is 22.9. The zero-order valence-corrected chi connectivity index (χ0v) is 13.5. The van der Waals surface area contributed by atoms with E-state index in [2.05, 4.69) is 0 Å². The molecule has 0 fully saturated rings. The minimum Gasteiger partial charge on any atom is -0.495 e. The van der Waals surface area contributed by atoms with Gasteiger partial charge >= 0.3 is 0 Å². The van der Waals surface area contributed by atoms with E-state index >= 15 is 0 Å². The monoisotopic (exact) mass is 326 g/mol. The van der Waals surface area contributed by atoms with Gasteiger partial charge in [0.05, 0.1) is 30.4 Å². The second kappa shape index (κ2) is 5.54. The van der Waals surface area contributed by atoms with Crippen molar-refractivity contribution >= 4 is 11.0 Å².